The van der Waals surface area contributed by atoms with Crippen LogP contribution in [0, 0.1) is 0 Å². The number of nitrogens with one attached hydrogen (secondary N) is 2. The molecule has 12 nitrogen and oxygen atoms in total. The predicted molar refractivity (Wildman–Crippen MR) is 104 cm³/mol. The molecule has 0 saturated heterocycles. The lowest BCUT2D eigenvalue weighted by Gasteiger charge is -2.07. The number of pyridine rings is 1. The van der Waals surface area contributed by atoms with Gasteiger partial charge in [0, 0.05) is 12.4 Å². The number of esters is 1. The first kappa shape index (κ1) is 22.5. The molecule has 30 heavy (non-hydrogen) atoms. The van der Waals surface area contributed by atoms with Crippen molar-refractivity contribution in [2.24, 2.45) is 0 Å². The van der Waals surface area contributed by atoms with E-state index >= 15 is 0 Å². The number of sulfone groups is 1. The zero-order chi connectivity index (χ0) is 22.1. The Labute approximate surface area is 172 Å². The summed E-state index contributed by atoms with van der Waals surface area (Å²) in [4.78, 5) is 35.3. The molecule has 2 N–H and O–H groups in total. The molecule has 160 valence electrons. The Hall–Kier alpha value is -3.74. The standard InChI is InChI=1S/C17H19N5O7S/c1-27-12-10-13(28-2)21-16(20-12)22-17(24)19-8-5-9-30(25,26)14-11(15(23)29-3)6-4-7-18-14/h4-8,10H,9H2,1-3H3,(H2,19,20,21,22,24). The van der Waals surface area contributed by atoms with Crippen molar-refractivity contribution < 1.29 is 32.2 Å². The highest BCUT2D eigenvalue weighted by Gasteiger charge is 2.23. The Morgan fingerprint density at radius 1 is 1.13 bits per heavy atom. The highest BCUT2D eigenvalue weighted by atomic mass is 32.2. The van der Waals surface area contributed by atoms with Crippen LogP contribution < -0.4 is 20.1 Å². The van der Waals surface area contributed by atoms with Crippen molar-refractivity contribution in [3.8, 4) is 11.8 Å². The fourth-order valence-electron chi connectivity index (χ4n) is 2.10. The molecule has 0 bridgehead atoms. The van der Waals surface area contributed by atoms with E-state index in [0.717, 1.165) is 13.3 Å². The molecule has 0 aliphatic carbocycles. The van der Waals surface area contributed by atoms with Gasteiger partial charge in [-0.2, -0.15) is 9.97 Å². The van der Waals surface area contributed by atoms with Crippen molar-refractivity contribution in [2.75, 3.05) is 32.4 Å². The lowest BCUT2D eigenvalue weighted by atomic mass is 10.3. The number of rotatable bonds is 8. The van der Waals surface area contributed by atoms with Gasteiger partial charge in [-0.05, 0) is 12.1 Å². The van der Waals surface area contributed by atoms with E-state index in [2.05, 4.69) is 30.3 Å². The molecule has 0 aliphatic heterocycles. The second-order valence-electron chi connectivity index (χ2n) is 5.41. The lowest BCUT2D eigenvalue weighted by molar-refractivity contribution is 0.0595. The zero-order valence-electron chi connectivity index (χ0n) is 16.3. The molecule has 2 aromatic rings. The first-order chi connectivity index (χ1) is 14.3. The molecule has 0 aromatic carbocycles. The number of ether oxygens (including phenoxy) is 3. The molecule has 13 heteroatoms. The van der Waals surface area contributed by atoms with Crippen molar-refractivity contribution in [1.82, 2.24) is 20.3 Å². The summed E-state index contributed by atoms with van der Waals surface area (Å²) in [5.41, 5.74) is -0.178. The Kier molecular flexibility index (Phi) is 7.63. The Morgan fingerprint density at radius 2 is 1.80 bits per heavy atom. The molecule has 2 amide bonds. The number of nitrogens with zero attached hydrogens (tertiary/aromatic N) is 3. The van der Waals surface area contributed by atoms with Crippen LogP contribution in [-0.2, 0) is 14.6 Å². The van der Waals surface area contributed by atoms with Crippen molar-refractivity contribution in [3.05, 3.63) is 42.2 Å². The average molecular weight is 437 g/mol. The number of hydrogen-bond acceptors (Lipinski definition) is 10. The van der Waals surface area contributed by atoms with E-state index in [9.17, 15) is 18.0 Å². The molecule has 2 rings (SSSR count). The monoisotopic (exact) mass is 437 g/mol. The Morgan fingerprint density at radius 3 is 2.40 bits per heavy atom. The first-order valence-electron chi connectivity index (χ1n) is 8.26. The van der Waals surface area contributed by atoms with Gasteiger partial charge in [0.05, 0.1) is 38.7 Å². The minimum absolute atomic E-state index is 0.0825. The van der Waals surface area contributed by atoms with Crippen LogP contribution in [0.15, 0.2) is 41.7 Å². The average Bonchev–Trinajstić information content (AvgIpc) is 2.75. The summed E-state index contributed by atoms with van der Waals surface area (Å²) >= 11 is 0. The molecule has 0 radical (unpaired) electrons. The minimum Gasteiger partial charge on any atom is -0.481 e. The molecule has 2 heterocycles. The molecule has 0 spiro atoms. The highest BCUT2D eigenvalue weighted by molar-refractivity contribution is 7.91. The topological polar surface area (TPSA) is 159 Å². The number of urea groups is 1. The van der Waals surface area contributed by atoms with Crippen LogP contribution >= 0.6 is 0 Å². The molecule has 0 aliphatic rings. The fraction of sp³-hybridized carbons (Fsp3) is 0.235. The van der Waals surface area contributed by atoms with Gasteiger partial charge in [-0.25, -0.2) is 23.0 Å². The maximum absolute atomic E-state index is 12.5. The summed E-state index contributed by atoms with van der Waals surface area (Å²) in [6, 6.07) is 3.41. The van der Waals surface area contributed by atoms with Gasteiger partial charge in [-0.1, -0.05) is 6.08 Å². The van der Waals surface area contributed by atoms with E-state index < -0.39 is 32.6 Å². The number of carbonyl (C=O) groups is 2. The van der Waals surface area contributed by atoms with Crippen molar-refractivity contribution >= 4 is 27.8 Å². The quantitative estimate of drug-likeness (QED) is 0.565. The van der Waals surface area contributed by atoms with E-state index in [4.69, 9.17) is 9.47 Å². The number of carbonyl (C=O) groups excluding carboxylic acids is 2. The molecular weight excluding hydrogens is 418 g/mol. The summed E-state index contributed by atoms with van der Waals surface area (Å²) in [6.07, 6.45) is 3.54. The summed E-state index contributed by atoms with van der Waals surface area (Å²) in [5, 5.41) is 4.24. The third-order valence-electron chi connectivity index (χ3n) is 3.44. The van der Waals surface area contributed by atoms with Gasteiger partial charge in [0.25, 0.3) is 0 Å². The predicted octanol–water partition coefficient (Wildman–Crippen LogP) is 0.784. The van der Waals surface area contributed by atoms with Gasteiger partial charge in [-0.15, -0.1) is 0 Å². The number of hydrogen-bond donors (Lipinski definition) is 2. The molecule has 0 fully saturated rings. The Bertz CT molecular complexity index is 1030. The van der Waals surface area contributed by atoms with Gasteiger partial charge in [-0.3, -0.25) is 5.32 Å². The van der Waals surface area contributed by atoms with Crippen LogP contribution in [0.1, 0.15) is 10.4 Å². The molecular formula is C17H19N5O7S. The summed E-state index contributed by atoms with van der Waals surface area (Å²) in [5.74, 6) is -1.07. The minimum atomic E-state index is -3.95. The van der Waals surface area contributed by atoms with Crippen molar-refractivity contribution in [2.45, 2.75) is 5.03 Å². The molecule has 0 saturated carbocycles. The van der Waals surface area contributed by atoms with Crippen LogP contribution in [0.5, 0.6) is 11.8 Å². The van der Waals surface area contributed by atoms with Crippen LogP contribution in [0.3, 0.4) is 0 Å². The maximum Gasteiger partial charge on any atom is 0.340 e. The zero-order valence-corrected chi connectivity index (χ0v) is 17.1. The van der Waals surface area contributed by atoms with Crippen LogP contribution in [0.25, 0.3) is 0 Å². The first-order valence-corrected chi connectivity index (χ1v) is 9.91. The number of aromatic nitrogens is 3. The Balaban J connectivity index is 2.01. The summed E-state index contributed by atoms with van der Waals surface area (Å²) < 4.78 is 39.4. The largest absolute Gasteiger partial charge is 0.481 e. The third-order valence-corrected chi connectivity index (χ3v) is 4.99. The van der Waals surface area contributed by atoms with Crippen molar-refractivity contribution in [1.29, 1.82) is 0 Å². The summed E-state index contributed by atoms with van der Waals surface area (Å²) in [7, 11) is -0.0326. The highest BCUT2D eigenvalue weighted by Crippen LogP contribution is 2.17. The van der Waals surface area contributed by atoms with Gasteiger partial charge < -0.3 is 19.5 Å². The van der Waals surface area contributed by atoms with Crippen LogP contribution in [-0.4, -0.2) is 62.5 Å². The van der Waals surface area contributed by atoms with E-state index in [1.54, 1.807) is 0 Å². The van der Waals surface area contributed by atoms with E-state index in [0.29, 0.717) is 0 Å². The number of methoxy groups -OCH3 is 3. The van der Waals surface area contributed by atoms with Gasteiger partial charge >= 0.3 is 12.0 Å². The van der Waals surface area contributed by atoms with Crippen molar-refractivity contribution in [3.63, 3.8) is 0 Å². The second kappa shape index (κ2) is 10.2. The third kappa shape index (κ3) is 5.88. The van der Waals surface area contributed by atoms with Crippen LogP contribution in [0.2, 0.25) is 0 Å². The molecule has 0 atom stereocenters. The summed E-state index contributed by atoms with van der Waals surface area (Å²) in [6.45, 7) is 0. The normalized spacial score (nSPS) is 11.0. The number of amides is 2. The van der Waals surface area contributed by atoms with Gasteiger partial charge in [0.1, 0.15) is 0 Å². The van der Waals surface area contributed by atoms with E-state index in [-0.39, 0.29) is 23.3 Å². The number of anilines is 1. The fourth-order valence-corrected chi connectivity index (χ4v) is 3.31. The maximum atomic E-state index is 12.5. The molecule has 2 aromatic heterocycles. The van der Waals surface area contributed by atoms with Gasteiger partial charge in [0.2, 0.25) is 17.7 Å². The van der Waals surface area contributed by atoms with E-state index in [1.807, 2.05) is 0 Å². The van der Waals surface area contributed by atoms with E-state index in [1.165, 1.54) is 44.7 Å². The smallest absolute Gasteiger partial charge is 0.340 e. The van der Waals surface area contributed by atoms with Gasteiger partial charge in [0.15, 0.2) is 14.9 Å². The second-order valence-corrected chi connectivity index (χ2v) is 7.36. The SMILES string of the molecule is COC(=O)c1cccnc1S(=O)(=O)CC=CNC(=O)Nc1nc(OC)cc(OC)n1. The lowest BCUT2D eigenvalue weighted by Crippen LogP contribution is -2.25. The molecule has 0 unspecified atom stereocenters. The van der Waals surface area contributed by atoms with Crippen LogP contribution in [0.4, 0.5) is 10.7 Å².